The molecule has 0 radical (unpaired) electrons. The van der Waals surface area contributed by atoms with E-state index in [2.05, 4.69) is 25.6 Å². The molecular formula is C9H18IN2S-. The SMILES string of the molecule is C[I-]N1CCN2CCC[C@@]2(CS)C1. The summed E-state index contributed by atoms with van der Waals surface area (Å²) in [5.74, 6) is 1.05. The third kappa shape index (κ3) is 1.87. The zero-order valence-electron chi connectivity index (χ0n) is 8.17. The van der Waals surface area contributed by atoms with E-state index >= 15 is 0 Å². The topological polar surface area (TPSA) is 6.48 Å². The summed E-state index contributed by atoms with van der Waals surface area (Å²) in [5.41, 5.74) is 0.455. The normalized spacial score (nSPS) is 36.8. The van der Waals surface area contributed by atoms with Crippen molar-refractivity contribution in [2.24, 2.45) is 0 Å². The summed E-state index contributed by atoms with van der Waals surface area (Å²) < 4.78 is 2.68. The van der Waals surface area contributed by atoms with Crippen molar-refractivity contribution in [3.63, 3.8) is 0 Å². The van der Waals surface area contributed by atoms with Gasteiger partial charge in [-0.05, 0) is 0 Å². The van der Waals surface area contributed by atoms with Crippen LogP contribution in [-0.4, -0.2) is 50.4 Å². The predicted molar refractivity (Wildman–Crippen MR) is 54.9 cm³/mol. The second-order valence-corrected chi connectivity index (χ2v) is 6.63. The summed E-state index contributed by atoms with van der Waals surface area (Å²) >= 11 is 4.85. The molecule has 0 amide bonds. The first kappa shape index (κ1) is 10.5. The molecule has 0 aromatic carbocycles. The van der Waals surface area contributed by atoms with Gasteiger partial charge in [-0.1, -0.05) is 0 Å². The average molecular weight is 313 g/mol. The number of hydrogen-bond acceptors (Lipinski definition) is 3. The number of piperazine rings is 1. The van der Waals surface area contributed by atoms with Crippen LogP contribution >= 0.6 is 12.6 Å². The molecular weight excluding hydrogens is 295 g/mol. The molecule has 4 heteroatoms. The van der Waals surface area contributed by atoms with Crippen LogP contribution in [0.2, 0.25) is 0 Å². The molecule has 2 fully saturated rings. The number of hydrogen-bond donors (Lipinski definition) is 1. The van der Waals surface area contributed by atoms with E-state index in [-0.39, 0.29) is 0 Å². The van der Waals surface area contributed by atoms with Crippen molar-refractivity contribution >= 4 is 12.6 Å². The van der Waals surface area contributed by atoms with E-state index in [0.29, 0.717) is 27.0 Å². The van der Waals surface area contributed by atoms with Gasteiger partial charge in [-0.2, -0.15) is 0 Å². The van der Waals surface area contributed by atoms with Crippen LogP contribution in [0, 0.1) is 0 Å². The Hall–Kier alpha value is 1.000. The van der Waals surface area contributed by atoms with E-state index in [1.807, 2.05) is 0 Å². The zero-order valence-corrected chi connectivity index (χ0v) is 11.2. The molecule has 0 N–H and O–H groups in total. The Balaban J connectivity index is 2.08. The molecule has 1 atom stereocenters. The summed E-state index contributed by atoms with van der Waals surface area (Å²) in [6, 6.07) is 0. The molecule has 0 bridgehead atoms. The number of alkyl halides is 1. The molecule has 0 spiro atoms. The fourth-order valence-electron chi connectivity index (χ4n) is 2.52. The van der Waals surface area contributed by atoms with Gasteiger partial charge in [0.15, 0.2) is 0 Å². The Kier molecular flexibility index (Phi) is 3.43. The Morgan fingerprint density at radius 3 is 2.92 bits per heavy atom. The number of nitrogens with zero attached hydrogens (tertiary/aromatic N) is 2. The van der Waals surface area contributed by atoms with Gasteiger partial charge in [-0.3, -0.25) is 0 Å². The van der Waals surface area contributed by atoms with Gasteiger partial charge >= 0.3 is 97.4 Å². The number of rotatable bonds is 2. The van der Waals surface area contributed by atoms with Crippen molar-refractivity contribution in [1.29, 1.82) is 0 Å². The van der Waals surface area contributed by atoms with E-state index in [4.69, 9.17) is 0 Å². The van der Waals surface area contributed by atoms with Crippen molar-refractivity contribution in [2.75, 3.05) is 36.9 Å². The summed E-state index contributed by atoms with van der Waals surface area (Å²) in [6.45, 7) is 5.20. The molecule has 2 aliphatic heterocycles. The molecule has 78 valence electrons. The monoisotopic (exact) mass is 313 g/mol. The van der Waals surface area contributed by atoms with Crippen LogP contribution in [-0.2, 0) is 0 Å². The first-order valence-corrected chi connectivity index (χ1v) is 8.67. The first-order chi connectivity index (χ1) is 6.30. The molecule has 2 heterocycles. The quantitative estimate of drug-likeness (QED) is 0.265. The zero-order chi connectivity index (χ0) is 9.31. The fourth-order valence-corrected chi connectivity index (χ4v) is 4.66. The second kappa shape index (κ2) is 4.24. The maximum absolute atomic E-state index is 4.55. The summed E-state index contributed by atoms with van der Waals surface area (Å²) in [6.07, 6.45) is 2.76. The summed E-state index contributed by atoms with van der Waals surface area (Å²) in [7, 11) is 0. The number of fused-ring (bicyclic) bond motifs is 1. The van der Waals surface area contributed by atoms with Crippen LogP contribution in [0.3, 0.4) is 0 Å². The van der Waals surface area contributed by atoms with Crippen LogP contribution in [0.5, 0.6) is 0 Å². The van der Waals surface area contributed by atoms with E-state index in [9.17, 15) is 0 Å². The van der Waals surface area contributed by atoms with Crippen molar-refractivity contribution in [1.82, 2.24) is 8.01 Å². The molecule has 13 heavy (non-hydrogen) atoms. The molecule has 2 rings (SSSR count). The van der Waals surface area contributed by atoms with Gasteiger partial charge in [0.1, 0.15) is 0 Å². The fraction of sp³-hybridized carbons (Fsp3) is 1.00. The van der Waals surface area contributed by atoms with Crippen LogP contribution in [0.4, 0.5) is 0 Å². The molecule has 0 saturated carbocycles. The molecule has 0 unspecified atom stereocenters. The van der Waals surface area contributed by atoms with Gasteiger partial charge in [0.25, 0.3) is 0 Å². The van der Waals surface area contributed by atoms with Gasteiger partial charge in [-0.25, -0.2) is 0 Å². The Morgan fingerprint density at radius 1 is 1.38 bits per heavy atom. The molecule has 2 nitrogen and oxygen atoms in total. The van der Waals surface area contributed by atoms with Gasteiger partial charge in [0.2, 0.25) is 0 Å². The average Bonchev–Trinajstić information content (AvgIpc) is 2.60. The van der Waals surface area contributed by atoms with Crippen LogP contribution in [0.15, 0.2) is 0 Å². The standard InChI is InChI=1S/C9H18IN2S/c1-10-12-6-5-11-4-2-3-9(11,7-12)8-13/h13H,2-8H2,1H3/q-1/t9-/m0/s1. The first-order valence-electron chi connectivity index (χ1n) is 4.91. The van der Waals surface area contributed by atoms with Crippen LogP contribution < -0.4 is 21.5 Å². The molecule has 0 aromatic heterocycles. The van der Waals surface area contributed by atoms with Gasteiger partial charge < -0.3 is 0 Å². The molecule has 2 saturated heterocycles. The minimum atomic E-state index is 0.296. The van der Waals surface area contributed by atoms with Crippen LogP contribution in [0.1, 0.15) is 12.8 Å². The van der Waals surface area contributed by atoms with Crippen LogP contribution in [0.25, 0.3) is 0 Å². The Bertz CT molecular complexity index is 190. The predicted octanol–water partition coefficient (Wildman–Crippen LogP) is -2.30. The number of halogens is 1. The number of thiol groups is 1. The van der Waals surface area contributed by atoms with Gasteiger partial charge in [0, 0.05) is 0 Å². The van der Waals surface area contributed by atoms with Crippen molar-refractivity contribution < 1.29 is 21.5 Å². The summed E-state index contributed by atoms with van der Waals surface area (Å²) in [5, 5.41) is 0. The third-order valence-electron chi connectivity index (χ3n) is 3.35. The summed E-state index contributed by atoms with van der Waals surface area (Å²) in [4.78, 5) is 5.05. The van der Waals surface area contributed by atoms with E-state index in [1.165, 1.54) is 39.0 Å². The minimum absolute atomic E-state index is 0.296. The second-order valence-electron chi connectivity index (χ2n) is 3.99. The Morgan fingerprint density at radius 2 is 2.23 bits per heavy atom. The third-order valence-corrected chi connectivity index (χ3v) is 6.13. The van der Waals surface area contributed by atoms with E-state index < -0.39 is 0 Å². The molecule has 2 aliphatic rings. The van der Waals surface area contributed by atoms with Gasteiger partial charge in [0.05, 0.1) is 0 Å². The molecule has 0 aliphatic carbocycles. The Labute approximate surface area is 97.1 Å². The molecule has 0 aromatic rings. The van der Waals surface area contributed by atoms with Crippen molar-refractivity contribution in [2.45, 2.75) is 18.4 Å². The maximum atomic E-state index is 4.55. The van der Waals surface area contributed by atoms with E-state index in [0.717, 1.165) is 5.75 Å². The van der Waals surface area contributed by atoms with Crippen molar-refractivity contribution in [3.05, 3.63) is 0 Å². The van der Waals surface area contributed by atoms with Gasteiger partial charge in [-0.15, -0.1) is 0 Å². The van der Waals surface area contributed by atoms with Crippen molar-refractivity contribution in [3.8, 4) is 0 Å². The van der Waals surface area contributed by atoms with E-state index in [1.54, 1.807) is 0 Å².